The van der Waals surface area contributed by atoms with Crippen LogP contribution in [0.1, 0.15) is 5.56 Å². The second-order valence-corrected chi connectivity index (χ2v) is 4.27. The van der Waals surface area contributed by atoms with E-state index in [0.717, 1.165) is 12.1 Å². The summed E-state index contributed by atoms with van der Waals surface area (Å²) in [7, 11) is 1.52. The minimum atomic E-state index is -4.41. The van der Waals surface area contributed by atoms with Gasteiger partial charge in [0.2, 0.25) is 0 Å². The number of ether oxygens (including phenoxy) is 2. The summed E-state index contributed by atoms with van der Waals surface area (Å²) in [5, 5.41) is 5.03. The second-order valence-electron chi connectivity index (χ2n) is 4.27. The lowest BCUT2D eigenvalue weighted by molar-refractivity contribution is -0.137. The van der Waals surface area contributed by atoms with Gasteiger partial charge in [-0.05, 0) is 18.2 Å². The highest BCUT2D eigenvalue weighted by molar-refractivity contribution is 5.74. The molecule has 5 nitrogen and oxygen atoms in total. The van der Waals surface area contributed by atoms with Crippen LogP contribution in [0.4, 0.5) is 18.0 Å². The van der Waals surface area contributed by atoms with E-state index in [9.17, 15) is 18.0 Å². The van der Waals surface area contributed by atoms with E-state index in [2.05, 4.69) is 22.5 Å². The van der Waals surface area contributed by atoms with Crippen LogP contribution < -0.4 is 15.4 Å². The van der Waals surface area contributed by atoms with Crippen molar-refractivity contribution >= 4 is 6.03 Å². The number of urea groups is 1. The molecule has 2 N–H and O–H groups in total. The molecule has 0 bridgehead atoms. The van der Waals surface area contributed by atoms with E-state index < -0.39 is 11.7 Å². The van der Waals surface area contributed by atoms with E-state index in [1.165, 1.54) is 19.2 Å². The van der Waals surface area contributed by atoms with Gasteiger partial charge in [0, 0.05) is 13.7 Å². The first-order valence-electron chi connectivity index (χ1n) is 6.70. The van der Waals surface area contributed by atoms with E-state index in [4.69, 9.17) is 9.47 Å². The molecule has 1 rings (SSSR count). The molecule has 0 aromatic heterocycles. The fourth-order valence-corrected chi connectivity index (χ4v) is 1.45. The van der Waals surface area contributed by atoms with Crippen molar-refractivity contribution in [3.05, 3.63) is 29.8 Å². The molecule has 0 aliphatic carbocycles. The van der Waals surface area contributed by atoms with Gasteiger partial charge in [0.15, 0.2) is 0 Å². The summed E-state index contributed by atoms with van der Waals surface area (Å²) in [6, 6.07) is 4.17. The van der Waals surface area contributed by atoms with E-state index >= 15 is 0 Å². The number of nitrogens with one attached hydrogen (secondary N) is 2. The summed E-state index contributed by atoms with van der Waals surface area (Å²) >= 11 is 0. The molecule has 0 heterocycles. The molecule has 0 fully saturated rings. The number of hydrogen-bond donors (Lipinski definition) is 2. The summed E-state index contributed by atoms with van der Waals surface area (Å²) in [6.45, 7) is 0.817. The van der Waals surface area contributed by atoms with Crippen molar-refractivity contribution in [1.29, 1.82) is 0 Å². The molecular weight excluding hydrogens is 313 g/mol. The smallest absolute Gasteiger partial charge is 0.416 e. The molecular formula is C15H17F3N2O3. The van der Waals surface area contributed by atoms with E-state index in [-0.39, 0.29) is 24.9 Å². The van der Waals surface area contributed by atoms with Gasteiger partial charge in [0.05, 0.1) is 18.7 Å². The minimum absolute atomic E-state index is 0.0751. The lowest BCUT2D eigenvalue weighted by Crippen LogP contribution is -2.37. The molecule has 1 aromatic carbocycles. The Morgan fingerprint density at radius 2 is 2.04 bits per heavy atom. The van der Waals surface area contributed by atoms with Gasteiger partial charge in [0.1, 0.15) is 12.4 Å². The molecule has 0 aliphatic rings. The number of methoxy groups -OCH3 is 1. The van der Waals surface area contributed by atoms with E-state index in [1.807, 2.05) is 0 Å². The zero-order valence-electron chi connectivity index (χ0n) is 12.5. The maximum atomic E-state index is 12.5. The van der Waals surface area contributed by atoms with Gasteiger partial charge in [-0.3, -0.25) is 0 Å². The van der Waals surface area contributed by atoms with Gasteiger partial charge >= 0.3 is 12.2 Å². The maximum Gasteiger partial charge on any atom is 0.416 e. The van der Waals surface area contributed by atoms with Crippen LogP contribution in [0.25, 0.3) is 0 Å². The van der Waals surface area contributed by atoms with Crippen LogP contribution in [0.3, 0.4) is 0 Å². The molecule has 0 atom stereocenters. The third-order valence-electron chi connectivity index (χ3n) is 2.53. The standard InChI is InChI=1S/C15H17F3N2O3/c1-22-10-8-20-14(21)19-7-2-3-9-23-13-6-4-5-12(11-13)15(16,17)18/h4-6,11H,7-10H2,1H3,(H2,19,20,21). The van der Waals surface area contributed by atoms with Crippen molar-refractivity contribution in [3.63, 3.8) is 0 Å². The summed E-state index contributed by atoms with van der Waals surface area (Å²) in [5.41, 5.74) is -0.780. The first-order valence-corrected chi connectivity index (χ1v) is 6.70. The molecule has 0 saturated heterocycles. The number of carbonyl (C=O) groups excluding carboxylic acids is 1. The summed E-state index contributed by atoms with van der Waals surface area (Å²) in [6.07, 6.45) is -4.41. The van der Waals surface area contributed by atoms with Gasteiger partial charge in [0.25, 0.3) is 0 Å². The molecule has 126 valence electrons. The zero-order chi connectivity index (χ0) is 17.1. The Labute approximate surface area is 132 Å². The molecule has 0 spiro atoms. The quantitative estimate of drug-likeness (QED) is 0.620. The lowest BCUT2D eigenvalue weighted by Gasteiger charge is -2.08. The predicted octanol–water partition coefficient (Wildman–Crippen LogP) is 2.03. The van der Waals surface area contributed by atoms with Crippen LogP contribution in [-0.4, -0.2) is 39.4 Å². The molecule has 0 unspecified atom stereocenters. The highest BCUT2D eigenvalue weighted by atomic mass is 19.4. The highest BCUT2D eigenvalue weighted by Gasteiger charge is 2.30. The molecule has 1 aromatic rings. The van der Waals surface area contributed by atoms with Crippen molar-refractivity contribution < 1.29 is 27.4 Å². The minimum Gasteiger partial charge on any atom is -0.481 e. The first-order chi connectivity index (χ1) is 10.9. The van der Waals surface area contributed by atoms with Crippen molar-refractivity contribution in [3.8, 4) is 17.6 Å². The average molecular weight is 330 g/mol. The number of rotatable bonds is 6. The Hall–Kier alpha value is -2.40. The topological polar surface area (TPSA) is 59.6 Å². The Balaban J connectivity index is 2.29. The molecule has 2 amide bonds. The third kappa shape index (κ3) is 7.97. The first kappa shape index (κ1) is 18.6. The van der Waals surface area contributed by atoms with Crippen molar-refractivity contribution in [2.24, 2.45) is 0 Å². The predicted molar refractivity (Wildman–Crippen MR) is 78.0 cm³/mol. The summed E-state index contributed by atoms with van der Waals surface area (Å²) < 4.78 is 47.4. The lowest BCUT2D eigenvalue weighted by atomic mass is 10.2. The molecule has 0 radical (unpaired) electrons. The van der Waals surface area contributed by atoms with Crippen LogP contribution >= 0.6 is 0 Å². The van der Waals surface area contributed by atoms with Gasteiger partial charge in [-0.15, -0.1) is 0 Å². The van der Waals surface area contributed by atoms with Crippen LogP contribution in [0.5, 0.6) is 5.75 Å². The normalized spacial score (nSPS) is 10.4. The second kappa shape index (κ2) is 9.58. The van der Waals surface area contributed by atoms with Crippen molar-refractivity contribution in [2.45, 2.75) is 6.18 Å². The van der Waals surface area contributed by atoms with Crippen LogP contribution in [0.15, 0.2) is 24.3 Å². The number of benzene rings is 1. The Morgan fingerprint density at radius 1 is 1.26 bits per heavy atom. The van der Waals surface area contributed by atoms with Crippen LogP contribution in [-0.2, 0) is 10.9 Å². The summed E-state index contributed by atoms with van der Waals surface area (Å²) in [4.78, 5) is 11.2. The Bertz CT molecular complexity index is 565. The zero-order valence-corrected chi connectivity index (χ0v) is 12.5. The van der Waals surface area contributed by atoms with Crippen molar-refractivity contribution in [2.75, 3.05) is 33.4 Å². The molecule has 0 saturated carbocycles. The fraction of sp³-hybridized carbons (Fsp3) is 0.400. The van der Waals surface area contributed by atoms with E-state index in [1.54, 1.807) is 0 Å². The monoisotopic (exact) mass is 330 g/mol. The van der Waals surface area contributed by atoms with Crippen molar-refractivity contribution in [1.82, 2.24) is 10.6 Å². The Morgan fingerprint density at radius 3 is 2.74 bits per heavy atom. The molecule has 23 heavy (non-hydrogen) atoms. The van der Waals surface area contributed by atoms with Gasteiger partial charge in [-0.2, -0.15) is 13.2 Å². The molecule has 8 heteroatoms. The van der Waals surface area contributed by atoms with Gasteiger partial charge in [-0.25, -0.2) is 4.79 Å². The van der Waals surface area contributed by atoms with Gasteiger partial charge in [-0.1, -0.05) is 17.9 Å². The van der Waals surface area contributed by atoms with Crippen LogP contribution in [0.2, 0.25) is 0 Å². The number of hydrogen-bond acceptors (Lipinski definition) is 3. The highest BCUT2D eigenvalue weighted by Crippen LogP contribution is 2.31. The fourth-order valence-electron chi connectivity index (χ4n) is 1.45. The Kier molecular flexibility index (Phi) is 7.77. The number of amides is 2. The maximum absolute atomic E-state index is 12.5. The number of alkyl halides is 3. The number of halogens is 3. The van der Waals surface area contributed by atoms with E-state index in [0.29, 0.717) is 13.2 Å². The van der Waals surface area contributed by atoms with Crippen LogP contribution in [0, 0.1) is 11.8 Å². The SMILES string of the molecule is COCCNC(=O)NCC#CCOc1cccc(C(F)(F)F)c1. The average Bonchev–Trinajstić information content (AvgIpc) is 2.50. The molecule has 0 aliphatic heterocycles. The number of carbonyl (C=O) groups is 1. The summed E-state index contributed by atoms with van der Waals surface area (Å²) in [5.74, 6) is 5.30. The largest absolute Gasteiger partial charge is 0.481 e. The van der Waals surface area contributed by atoms with Gasteiger partial charge < -0.3 is 20.1 Å². The third-order valence-corrected chi connectivity index (χ3v) is 2.53.